The van der Waals surface area contributed by atoms with Gasteiger partial charge in [-0.25, -0.2) is 5.01 Å². The molecule has 0 N–H and O–H groups in total. The second-order valence-corrected chi connectivity index (χ2v) is 7.34. The first-order valence-corrected chi connectivity index (χ1v) is 9.71. The summed E-state index contributed by atoms with van der Waals surface area (Å²) in [4.78, 5) is 24.6. The highest BCUT2D eigenvalue weighted by atomic mass is 16.5. The Bertz CT molecular complexity index is 856. The number of furan rings is 1. The minimum Gasteiger partial charge on any atom is -0.497 e. The molecule has 7 heteroatoms. The largest absolute Gasteiger partial charge is 0.497 e. The molecule has 1 atom stereocenters. The van der Waals surface area contributed by atoms with Crippen LogP contribution in [0.3, 0.4) is 0 Å². The number of esters is 1. The number of carbonyl (C=O) groups is 2. The van der Waals surface area contributed by atoms with E-state index in [-0.39, 0.29) is 24.5 Å². The van der Waals surface area contributed by atoms with Crippen LogP contribution in [0.2, 0.25) is 0 Å². The van der Waals surface area contributed by atoms with E-state index in [9.17, 15) is 9.59 Å². The molecule has 1 aromatic carbocycles. The molecule has 0 bridgehead atoms. The smallest absolute Gasteiger partial charge is 0.306 e. The maximum Gasteiger partial charge on any atom is 0.306 e. The highest BCUT2D eigenvalue weighted by Gasteiger charge is 2.35. The lowest BCUT2D eigenvalue weighted by Gasteiger charge is -2.19. The molecule has 3 rings (SSSR count). The van der Waals surface area contributed by atoms with E-state index >= 15 is 0 Å². The molecular formula is C22H26N2O5. The number of nitrogens with zero attached hydrogens (tertiary/aromatic N) is 2. The molecule has 1 aliphatic heterocycles. The number of carbonyl (C=O) groups excluding carboxylic acids is 2. The van der Waals surface area contributed by atoms with E-state index in [0.29, 0.717) is 24.5 Å². The Morgan fingerprint density at radius 2 is 2.00 bits per heavy atom. The van der Waals surface area contributed by atoms with Crippen LogP contribution in [0.5, 0.6) is 5.75 Å². The molecule has 2 heterocycles. The molecule has 0 spiro atoms. The predicted octanol–water partition coefficient (Wildman–Crippen LogP) is 3.95. The molecule has 0 saturated carbocycles. The Hall–Kier alpha value is -3.09. The van der Waals surface area contributed by atoms with Crippen molar-refractivity contribution >= 4 is 17.6 Å². The van der Waals surface area contributed by atoms with Crippen LogP contribution >= 0.6 is 0 Å². The van der Waals surface area contributed by atoms with Crippen molar-refractivity contribution in [2.45, 2.75) is 39.2 Å². The quantitative estimate of drug-likeness (QED) is 0.629. The van der Waals surface area contributed by atoms with Gasteiger partial charge in [0.25, 0.3) is 5.91 Å². The lowest BCUT2D eigenvalue weighted by molar-refractivity contribution is -0.153. The normalized spacial score (nSPS) is 16.1. The highest BCUT2D eigenvalue weighted by molar-refractivity contribution is 6.03. The van der Waals surface area contributed by atoms with E-state index in [1.807, 2.05) is 44.2 Å². The fraction of sp³-hybridized carbons (Fsp3) is 0.409. The number of hydrogen-bond donors (Lipinski definition) is 0. The number of hydrogen-bond acceptors (Lipinski definition) is 6. The van der Waals surface area contributed by atoms with E-state index in [1.54, 1.807) is 19.4 Å². The van der Waals surface area contributed by atoms with Crippen molar-refractivity contribution in [1.82, 2.24) is 5.01 Å². The van der Waals surface area contributed by atoms with E-state index in [4.69, 9.17) is 13.9 Å². The van der Waals surface area contributed by atoms with Crippen LogP contribution in [0.25, 0.3) is 0 Å². The van der Waals surface area contributed by atoms with Gasteiger partial charge in [-0.1, -0.05) is 13.8 Å². The van der Waals surface area contributed by atoms with Crippen molar-refractivity contribution in [3.05, 3.63) is 54.0 Å². The van der Waals surface area contributed by atoms with Crippen molar-refractivity contribution in [2.24, 2.45) is 11.0 Å². The zero-order valence-corrected chi connectivity index (χ0v) is 17.0. The van der Waals surface area contributed by atoms with Crippen LogP contribution in [0.15, 0.2) is 52.2 Å². The first-order chi connectivity index (χ1) is 14.0. The minimum absolute atomic E-state index is 0.299. The lowest BCUT2D eigenvalue weighted by Crippen LogP contribution is -2.31. The second kappa shape index (κ2) is 9.41. The first kappa shape index (κ1) is 20.6. The molecule has 1 amide bonds. The Balaban J connectivity index is 1.72. The fourth-order valence-electron chi connectivity index (χ4n) is 3.09. The zero-order valence-electron chi connectivity index (χ0n) is 17.0. The predicted molar refractivity (Wildman–Crippen MR) is 107 cm³/mol. The Labute approximate surface area is 170 Å². The fourth-order valence-corrected chi connectivity index (χ4v) is 3.09. The van der Waals surface area contributed by atoms with Gasteiger partial charge in [-0.2, -0.15) is 5.10 Å². The van der Waals surface area contributed by atoms with Crippen LogP contribution in [0.1, 0.15) is 50.5 Å². The molecule has 1 aliphatic rings. The third-order valence-electron chi connectivity index (χ3n) is 4.74. The Morgan fingerprint density at radius 1 is 1.24 bits per heavy atom. The number of rotatable bonds is 8. The van der Waals surface area contributed by atoms with Crippen molar-refractivity contribution in [2.75, 3.05) is 13.7 Å². The summed E-state index contributed by atoms with van der Waals surface area (Å²) in [6.45, 7) is 3.73. The monoisotopic (exact) mass is 398 g/mol. The van der Waals surface area contributed by atoms with Crippen molar-refractivity contribution in [1.29, 1.82) is 0 Å². The summed E-state index contributed by atoms with van der Waals surface area (Å²) >= 11 is 0. The average Bonchev–Trinajstić information content (AvgIpc) is 3.40. The molecule has 0 fully saturated rings. The van der Waals surface area contributed by atoms with Crippen LogP contribution < -0.4 is 4.74 Å². The summed E-state index contributed by atoms with van der Waals surface area (Å²) in [6.07, 6.45) is 3.10. The van der Waals surface area contributed by atoms with Crippen molar-refractivity contribution in [3.8, 4) is 5.75 Å². The minimum atomic E-state index is -0.382. The van der Waals surface area contributed by atoms with Crippen LogP contribution in [-0.2, 0) is 14.3 Å². The summed E-state index contributed by atoms with van der Waals surface area (Å²) in [6, 6.07) is 10.7. The van der Waals surface area contributed by atoms with Crippen LogP contribution in [0.4, 0.5) is 0 Å². The Kier molecular flexibility index (Phi) is 6.69. The van der Waals surface area contributed by atoms with Gasteiger partial charge >= 0.3 is 5.97 Å². The molecule has 0 aliphatic carbocycles. The molecule has 29 heavy (non-hydrogen) atoms. The third-order valence-corrected chi connectivity index (χ3v) is 4.74. The number of hydrazone groups is 1. The molecule has 2 aromatic rings. The summed E-state index contributed by atoms with van der Waals surface area (Å²) in [5, 5.41) is 5.87. The topological polar surface area (TPSA) is 81.3 Å². The van der Waals surface area contributed by atoms with Gasteiger partial charge in [0.15, 0.2) is 6.61 Å². The summed E-state index contributed by atoms with van der Waals surface area (Å²) in [7, 11) is 1.61. The molecule has 7 nitrogen and oxygen atoms in total. The second-order valence-electron chi connectivity index (χ2n) is 7.34. The maximum absolute atomic E-state index is 12.8. The average molecular weight is 398 g/mol. The van der Waals surface area contributed by atoms with E-state index in [0.717, 1.165) is 23.4 Å². The zero-order chi connectivity index (χ0) is 20.8. The van der Waals surface area contributed by atoms with Gasteiger partial charge in [-0.05, 0) is 54.3 Å². The lowest BCUT2D eigenvalue weighted by atomic mass is 10.0. The van der Waals surface area contributed by atoms with E-state index in [2.05, 4.69) is 5.10 Å². The van der Waals surface area contributed by atoms with Crippen LogP contribution in [0, 0.1) is 5.92 Å². The third kappa shape index (κ3) is 5.25. The SMILES string of the molecule is COc1ccc(C2=NN(C(=O)COC(=O)CCC(C)C)C(c3ccco3)C2)cc1. The van der Waals surface area contributed by atoms with Gasteiger partial charge in [0.2, 0.25) is 0 Å². The van der Waals surface area contributed by atoms with Gasteiger partial charge in [0.05, 0.1) is 19.1 Å². The van der Waals surface area contributed by atoms with Gasteiger partial charge in [0.1, 0.15) is 17.6 Å². The Morgan fingerprint density at radius 3 is 2.62 bits per heavy atom. The van der Waals surface area contributed by atoms with Crippen molar-refractivity contribution in [3.63, 3.8) is 0 Å². The molecule has 1 aromatic heterocycles. The summed E-state index contributed by atoms with van der Waals surface area (Å²) in [5.41, 5.74) is 1.65. The van der Waals surface area contributed by atoms with Crippen LogP contribution in [-0.4, -0.2) is 36.3 Å². The summed E-state index contributed by atoms with van der Waals surface area (Å²) in [5.74, 6) is 1.03. The van der Waals surface area contributed by atoms with Gasteiger partial charge in [-0.3, -0.25) is 9.59 Å². The molecular weight excluding hydrogens is 372 g/mol. The number of benzene rings is 1. The molecule has 0 saturated heterocycles. The number of methoxy groups -OCH3 is 1. The van der Waals surface area contributed by atoms with Gasteiger partial charge in [-0.15, -0.1) is 0 Å². The van der Waals surface area contributed by atoms with Gasteiger partial charge in [0, 0.05) is 12.8 Å². The number of amides is 1. The van der Waals surface area contributed by atoms with E-state index in [1.165, 1.54) is 5.01 Å². The number of ether oxygens (including phenoxy) is 2. The molecule has 154 valence electrons. The standard InChI is InChI=1S/C22H26N2O5/c1-15(2)6-11-22(26)29-14-21(25)24-19(20-5-4-12-28-20)13-18(23-24)16-7-9-17(27-3)10-8-16/h4-5,7-10,12,15,19H,6,11,13-14H2,1-3H3. The highest BCUT2D eigenvalue weighted by Crippen LogP contribution is 2.33. The maximum atomic E-state index is 12.8. The first-order valence-electron chi connectivity index (χ1n) is 9.71. The van der Waals surface area contributed by atoms with E-state index < -0.39 is 0 Å². The molecule has 0 radical (unpaired) electrons. The summed E-state index contributed by atoms with van der Waals surface area (Å²) < 4.78 is 15.9. The van der Waals surface area contributed by atoms with Gasteiger partial charge < -0.3 is 13.9 Å². The molecule has 1 unspecified atom stereocenters. The van der Waals surface area contributed by atoms with Crippen molar-refractivity contribution < 1.29 is 23.5 Å².